The molecule has 0 heterocycles. The molecule has 14 heavy (non-hydrogen) atoms. The maximum atomic E-state index is 6.03. The quantitative estimate of drug-likeness (QED) is 0.503. The molecule has 0 aromatic rings. The lowest BCUT2D eigenvalue weighted by atomic mass is 9.78. The first-order valence-corrected chi connectivity index (χ1v) is 8.77. The second-order valence-electron chi connectivity index (χ2n) is 5.46. The lowest BCUT2D eigenvalue weighted by Crippen LogP contribution is -2.28. The fourth-order valence-corrected chi connectivity index (χ4v) is 2.71. The van der Waals surface area contributed by atoms with Crippen LogP contribution in [0.25, 0.3) is 0 Å². The molecule has 1 rings (SSSR count). The van der Waals surface area contributed by atoms with Crippen LogP contribution in [-0.2, 0) is 4.43 Å². The van der Waals surface area contributed by atoms with Crippen molar-refractivity contribution < 1.29 is 4.43 Å². The number of rotatable bonds is 3. The maximum Gasteiger partial charge on any atom is 0.241 e. The van der Waals surface area contributed by atoms with Crippen LogP contribution < -0.4 is 0 Å². The molecule has 1 unspecified atom stereocenters. The molecule has 0 aromatic carbocycles. The summed E-state index contributed by atoms with van der Waals surface area (Å²) in [5, 5.41) is 0. The molecule has 0 radical (unpaired) electrons. The molecule has 0 saturated heterocycles. The van der Waals surface area contributed by atoms with Crippen LogP contribution in [0, 0.1) is 5.41 Å². The van der Waals surface area contributed by atoms with Crippen molar-refractivity contribution in [3.8, 4) is 0 Å². The molecule has 0 N–H and O–H groups in total. The Hall–Kier alpha value is -0.503. The zero-order chi connectivity index (χ0) is 10.8. The predicted octanol–water partition coefficient (Wildman–Crippen LogP) is 4.10. The third kappa shape index (κ3) is 3.33. The molecular weight excluding hydrogens is 188 g/mol. The number of allylic oxidation sites excluding steroid dienone is 3. The Morgan fingerprint density at radius 2 is 2.14 bits per heavy atom. The predicted molar refractivity (Wildman–Crippen MR) is 64.7 cm³/mol. The van der Waals surface area contributed by atoms with Crippen molar-refractivity contribution in [1.29, 1.82) is 0 Å². The number of hydrogen-bond acceptors (Lipinski definition) is 1. The summed E-state index contributed by atoms with van der Waals surface area (Å²) < 4.78 is 6.03. The highest BCUT2D eigenvalue weighted by Crippen LogP contribution is 2.37. The summed E-state index contributed by atoms with van der Waals surface area (Å²) in [4.78, 5) is 0. The van der Waals surface area contributed by atoms with Crippen molar-refractivity contribution in [3.05, 3.63) is 24.5 Å². The molecule has 0 aliphatic heterocycles. The average molecular weight is 210 g/mol. The Labute approximate surface area is 89.0 Å². The Bertz CT molecular complexity index is 250. The van der Waals surface area contributed by atoms with E-state index in [0.717, 1.165) is 12.8 Å². The Balaban J connectivity index is 2.65. The maximum absolute atomic E-state index is 6.03. The molecular formula is C12H22OSi. The van der Waals surface area contributed by atoms with Gasteiger partial charge in [-0.25, -0.2) is 0 Å². The fourth-order valence-electron chi connectivity index (χ4n) is 1.77. The standard InChI is InChI=1S/C12H22OSi/c1-6-12(2)9-7-8-11(10-12)13-14(3,4)5/h6,8H,1,7,9-10H2,2-5H3. The van der Waals surface area contributed by atoms with Crippen LogP contribution in [-0.4, -0.2) is 8.32 Å². The smallest absolute Gasteiger partial charge is 0.241 e. The highest BCUT2D eigenvalue weighted by molar-refractivity contribution is 6.70. The van der Waals surface area contributed by atoms with E-state index >= 15 is 0 Å². The van der Waals surface area contributed by atoms with Gasteiger partial charge in [-0.2, -0.15) is 0 Å². The van der Waals surface area contributed by atoms with Crippen molar-refractivity contribution >= 4 is 8.32 Å². The summed E-state index contributed by atoms with van der Waals surface area (Å²) >= 11 is 0. The topological polar surface area (TPSA) is 9.23 Å². The largest absolute Gasteiger partial charge is 0.548 e. The van der Waals surface area contributed by atoms with Gasteiger partial charge in [0.25, 0.3) is 0 Å². The number of hydrogen-bond donors (Lipinski definition) is 0. The molecule has 0 fully saturated rings. The van der Waals surface area contributed by atoms with Crippen LogP contribution in [0.5, 0.6) is 0 Å². The summed E-state index contributed by atoms with van der Waals surface area (Å²) in [7, 11) is -1.42. The third-order valence-electron chi connectivity index (χ3n) is 2.60. The average Bonchev–Trinajstić information content (AvgIpc) is 2.01. The summed E-state index contributed by atoms with van der Waals surface area (Å²) in [6.45, 7) is 12.9. The molecule has 0 bridgehead atoms. The molecule has 0 spiro atoms. The Morgan fingerprint density at radius 1 is 1.50 bits per heavy atom. The van der Waals surface area contributed by atoms with Crippen molar-refractivity contribution in [1.82, 2.24) is 0 Å². The molecule has 0 amide bonds. The Morgan fingerprint density at radius 3 is 2.64 bits per heavy atom. The first-order chi connectivity index (χ1) is 6.35. The molecule has 1 nitrogen and oxygen atoms in total. The molecule has 1 aliphatic rings. The van der Waals surface area contributed by atoms with E-state index in [-0.39, 0.29) is 5.41 Å². The van der Waals surface area contributed by atoms with E-state index in [1.165, 1.54) is 12.2 Å². The zero-order valence-corrected chi connectivity index (χ0v) is 10.9. The van der Waals surface area contributed by atoms with Crippen LogP contribution in [0.1, 0.15) is 26.2 Å². The molecule has 80 valence electrons. The minimum absolute atomic E-state index is 0.254. The molecule has 0 saturated carbocycles. The monoisotopic (exact) mass is 210 g/mol. The van der Waals surface area contributed by atoms with E-state index in [0.29, 0.717) is 0 Å². The van der Waals surface area contributed by atoms with Gasteiger partial charge in [-0.3, -0.25) is 0 Å². The lowest BCUT2D eigenvalue weighted by molar-refractivity contribution is 0.287. The van der Waals surface area contributed by atoms with E-state index in [2.05, 4.69) is 45.3 Å². The highest BCUT2D eigenvalue weighted by Gasteiger charge is 2.28. The van der Waals surface area contributed by atoms with Crippen molar-refractivity contribution in [2.75, 3.05) is 0 Å². The van der Waals surface area contributed by atoms with Gasteiger partial charge < -0.3 is 4.43 Å². The van der Waals surface area contributed by atoms with Gasteiger partial charge in [0.15, 0.2) is 0 Å². The van der Waals surface area contributed by atoms with Gasteiger partial charge in [-0.15, -0.1) is 6.58 Å². The SMILES string of the molecule is C=CC1(C)CCC=C(O[Si](C)(C)C)C1. The minimum Gasteiger partial charge on any atom is -0.548 e. The zero-order valence-electron chi connectivity index (χ0n) is 9.89. The van der Waals surface area contributed by atoms with Gasteiger partial charge in [0.05, 0.1) is 5.76 Å². The summed E-state index contributed by atoms with van der Waals surface area (Å²) in [5.41, 5.74) is 0.254. The Kier molecular flexibility index (Phi) is 3.25. The van der Waals surface area contributed by atoms with E-state index in [4.69, 9.17) is 4.43 Å². The summed E-state index contributed by atoms with van der Waals surface area (Å²) in [6, 6.07) is 0. The molecule has 1 atom stereocenters. The molecule has 1 aliphatic carbocycles. The summed E-state index contributed by atoms with van der Waals surface area (Å²) in [5.74, 6) is 1.19. The van der Waals surface area contributed by atoms with Gasteiger partial charge in [0, 0.05) is 6.42 Å². The second kappa shape index (κ2) is 3.93. The second-order valence-corrected chi connectivity index (χ2v) is 9.89. The van der Waals surface area contributed by atoms with Crippen LogP contribution in [0.3, 0.4) is 0 Å². The van der Waals surface area contributed by atoms with Crippen molar-refractivity contribution in [2.24, 2.45) is 5.41 Å². The minimum atomic E-state index is -1.42. The van der Waals surface area contributed by atoms with E-state index in [9.17, 15) is 0 Å². The van der Waals surface area contributed by atoms with Crippen molar-refractivity contribution in [3.63, 3.8) is 0 Å². The first-order valence-electron chi connectivity index (χ1n) is 5.36. The normalized spacial score (nSPS) is 28.1. The summed E-state index contributed by atoms with van der Waals surface area (Å²) in [6.07, 6.45) is 7.69. The van der Waals surface area contributed by atoms with Crippen molar-refractivity contribution in [2.45, 2.75) is 45.8 Å². The van der Waals surface area contributed by atoms with Gasteiger partial charge in [0.1, 0.15) is 0 Å². The van der Waals surface area contributed by atoms with Crippen LogP contribution in [0.2, 0.25) is 19.6 Å². The molecule has 2 heteroatoms. The van der Waals surface area contributed by atoms with E-state index in [1.54, 1.807) is 0 Å². The van der Waals surface area contributed by atoms with Gasteiger partial charge in [0.2, 0.25) is 8.32 Å². The highest BCUT2D eigenvalue weighted by atomic mass is 28.4. The van der Waals surface area contributed by atoms with E-state index in [1.807, 2.05) is 0 Å². The van der Waals surface area contributed by atoms with Gasteiger partial charge in [-0.05, 0) is 44.0 Å². The first kappa shape index (κ1) is 11.6. The molecule has 0 aromatic heterocycles. The van der Waals surface area contributed by atoms with Crippen LogP contribution >= 0.6 is 0 Å². The third-order valence-corrected chi connectivity index (χ3v) is 3.47. The lowest BCUT2D eigenvalue weighted by Gasteiger charge is -2.33. The van der Waals surface area contributed by atoms with Crippen LogP contribution in [0.15, 0.2) is 24.5 Å². The van der Waals surface area contributed by atoms with E-state index < -0.39 is 8.32 Å². The van der Waals surface area contributed by atoms with Gasteiger partial charge >= 0.3 is 0 Å². The van der Waals surface area contributed by atoms with Gasteiger partial charge in [-0.1, -0.05) is 13.0 Å². The van der Waals surface area contributed by atoms with Crippen LogP contribution in [0.4, 0.5) is 0 Å². The fraction of sp³-hybridized carbons (Fsp3) is 0.667.